The van der Waals surface area contributed by atoms with E-state index in [0.717, 1.165) is 18.6 Å². The van der Waals surface area contributed by atoms with Gasteiger partial charge in [0.1, 0.15) is 4.90 Å². The lowest BCUT2D eigenvalue weighted by Gasteiger charge is -2.17. The van der Waals surface area contributed by atoms with Crippen molar-refractivity contribution >= 4 is 31.9 Å². The Hall–Kier alpha value is -0.990. The summed E-state index contributed by atoms with van der Waals surface area (Å²) in [6, 6.07) is 1.77. The molecule has 118 valence electrons. The number of hydrogen-bond acceptors (Lipinski definition) is 3. The van der Waals surface area contributed by atoms with Crippen molar-refractivity contribution in [3.63, 3.8) is 0 Å². The topological polar surface area (TPSA) is 83.5 Å². The highest BCUT2D eigenvalue weighted by Gasteiger charge is 2.26. The van der Waals surface area contributed by atoms with Crippen LogP contribution in [0.5, 0.6) is 0 Å². The zero-order valence-corrected chi connectivity index (χ0v) is 14.1. The third kappa shape index (κ3) is 4.49. The monoisotopic (exact) mass is 381 g/mol. The van der Waals surface area contributed by atoms with E-state index in [1.165, 1.54) is 0 Å². The molecule has 0 saturated carbocycles. The summed E-state index contributed by atoms with van der Waals surface area (Å²) in [6.07, 6.45) is 1.97. The van der Waals surface area contributed by atoms with E-state index in [2.05, 4.69) is 20.7 Å². The molecule has 0 fully saturated rings. The molecule has 0 radical (unpaired) electrons. The predicted molar refractivity (Wildman–Crippen MR) is 80.4 cm³/mol. The van der Waals surface area contributed by atoms with Crippen molar-refractivity contribution in [1.82, 2.24) is 4.72 Å². The maximum Gasteiger partial charge on any atom is 0.338 e. The van der Waals surface area contributed by atoms with Crippen LogP contribution in [0.4, 0.5) is 4.39 Å². The minimum Gasteiger partial charge on any atom is -0.478 e. The quantitative estimate of drug-likeness (QED) is 0.759. The number of nitrogens with one attached hydrogen (secondary N) is 1. The number of carbonyl (C=O) groups is 1. The summed E-state index contributed by atoms with van der Waals surface area (Å²) in [5, 5.41) is 8.92. The summed E-state index contributed by atoms with van der Waals surface area (Å²) in [5.41, 5.74) is -0.687. The van der Waals surface area contributed by atoms with Gasteiger partial charge in [-0.1, -0.05) is 36.2 Å². The Bertz CT molecular complexity index is 633. The van der Waals surface area contributed by atoms with Crippen LogP contribution in [0, 0.1) is 5.82 Å². The van der Waals surface area contributed by atoms with Crippen LogP contribution in [0.15, 0.2) is 21.5 Å². The number of benzene rings is 1. The van der Waals surface area contributed by atoms with Gasteiger partial charge >= 0.3 is 5.97 Å². The van der Waals surface area contributed by atoms with Crippen molar-refractivity contribution < 1.29 is 22.7 Å². The van der Waals surface area contributed by atoms with Crippen LogP contribution in [0.2, 0.25) is 0 Å². The average molecular weight is 382 g/mol. The SMILES string of the molecule is CCCC(CC)NS(=O)(=O)c1cc(Br)cc(C(=O)O)c1F. The van der Waals surface area contributed by atoms with Crippen LogP contribution < -0.4 is 4.72 Å². The van der Waals surface area contributed by atoms with E-state index < -0.39 is 32.3 Å². The van der Waals surface area contributed by atoms with Gasteiger partial charge in [-0.05, 0) is 25.0 Å². The first-order chi connectivity index (χ1) is 9.72. The molecular formula is C13H17BrFNO4S. The predicted octanol–water partition coefficient (Wildman–Crippen LogP) is 3.14. The van der Waals surface area contributed by atoms with Gasteiger partial charge in [0.05, 0.1) is 5.56 Å². The molecule has 5 nitrogen and oxygen atoms in total. The molecule has 0 saturated heterocycles. The van der Waals surface area contributed by atoms with E-state index in [9.17, 15) is 17.6 Å². The highest BCUT2D eigenvalue weighted by atomic mass is 79.9. The number of carboxylic acid groups (broad SMARTS) is 1. The molecule has 0 aliphatic heterocycles. The highest BCUT2D eigenvalue weighted by molar-refractivity contribution is 9.10. The normalized spacial score (nSPS) is 13.1. The van der Waals surface area contributed by atoms with Crippen LogP contribution in [-0.4, -0.2) is 25.5 Å². The van der Waals surface area contributed by atoms with Gasteiger partial charge in [-0.15, -0.1) is 0 Å². The average Bonchev–Trinajstić information content (AvgIpc) is 2.39. The van der Waals surface area contributed by atoms with Gasteiger partial charge in [0.15, 0.2) is 5.82 Å². The van der Waals surface area contributed by atoms with Gasteiger partial charge in [0, 0.05) is 10.5 Å². The van der Waals surface area contributed by atoms with E-state index in [0.29, 0.717) is 12.8 Å². The summed E-state index contributed by atoms with van der Waals surface area (Å²) in [7, 11) is -4.12. The molecule has 0 aliphatic carbocycles. The van der Waals surface area contributed by atoms with Crippen molar-refractivity contribution in [3.05, 3.63) is 28.0 Å². The Balaban J connectivity index is 3.28. The molecule has 0 amide bonds. The van der Waals surface area contributed by atoms with Crippen LogP contribution >= 0.6 is 15.9 Å². The molecule has 1 aromatic carbocycles. The lowest BCUT2D eigenvalue weighted by atomic mass is 10.1. The van der Waals surface area contributed by atoms with Crippen molar-refractivity contribution in [3.8, 4) is 0 Å². The van der Waals surface area contributed by atoms with Gasteiger partial charge < -0.3 is 5.11 Å². The zero-order chi connectivity index (χ0) is 16.2. The fourth-order valence-electron chi connectivity index (χ4n) is 1.89. The Labute approximate surface area is 131 Å². The second-order valence-corrected chi connectivity index (χ2v) is 7.18. The highest BCUT2D eigenvalue weighted by Crippen LogP contribution is 2.24. The molecule has 1 unspecified atom stereocenters. The molecule has 0 bridgehead atoms. The summed E-state index contributed by atoms with van der Waals surface area (Å²) in [5.74, 6) is -2.78. The molecule has 0 aromatic heterocycles. The van der Waals surface area contributed by atoms with Gasteiger partial charge in [0.25, 0.3) is 0 Å². The molecule has 1 atom stereocenters. The van der Waals surface area contributed by atoms with Crippen molar-refractivity contribution in [2.75, 3.05) is 0 Å². The number of hydrogen-bond donors (Lipinski definition) is 2. The molecule has 0 aliphatic rings. The maximum atomic E-state index is 14.1. The van der Waals surface area contributed by atoms with Gasteiger partial charge in [-0.2, -0.15) is 0 Å². The lowest BCUT2D eigenvalue weighted by Crippen LogP contribution is -2.35. The summed E-state index contributed by atoms with van der Waals surface area (Å²) in [6.45, 7) is 3.74. The van der Waals surface area contributed by atoms with Crippen molar-refractivity contribution in [2.45, 2.75) is 44.0 Å². The fourth-order valence-corrected chi connectivity index (χ4v) is 3.98. The molecular weight excluding hydrogens is 365 g/mol. The molecule has 0 spiro atoms. The molecule has 2 N–H and O–H groups in total. The molecule has 0 heterocycles. The van der Waals surface area contributed by atoms with E-state index >= 15 is 0 Å². The summed E-state index contributed by atoms with van der Waals surface area (Å²) < 4.78 is 41.2. The minimum atomic E-state index is -4.12. The third-order valence-corrected chi connectivity index (χ3v) is 4.95. The van der Waals surface area contributed by atoms with Crippen molar-refractivity contribution in [2.24, 2.45) is 0 Å². The van der Waals surface area contributed by atoms with E-state index in [4.69, 9.17) is 5.11 Å². The molecule has 21 heavy (non-hydrogen) atoms. The maximum absolute atomic E-state index is 14.1. The lowest BCUT2D eigenvalue weighted by molar-refractivity contribution is 0.0691. The van der Waals surface area contributed by atoms with Crippen LogP contribution in [0.3, 0.4) is 0 Å². The first kappa shape index (κ1) is 18.1. The van der Waals surface area contributed by atoms with Crippen LogP contribution in [0.25, 0.3) is 0 Å². The zero-order valence-electron chi connectivity index (χ0n) is 11.7. The Morgan fingerprint density at radius 2 is 2.05 bits per heavy atom. The number of halogens is 2. The van der Waals surface area contributed by atoms with Crippen molar-refractivity contribution in [1.29, 1.82) is 0 Å². The number of carboxylic acids is 1. The largest absolute Gasteiger partial charge is 0.478 e. The van der Waals surface area contributed by atoms with E-state index in [1.807, 2.05) is 13.8 Å². The smallest absolute Gasteiger partial charge is 0.338 e. The second-order valence-electron chi connectivity index (χ2n) is 4.59. The van der Waals surface area contributed by atoms with Crippen LogP contribution in [-0.2, 0) is 10.0 Å². The summed E-state index contributed by atoms with van der Waals surface area (Å²) in [4.78, 5) is 10.3. The van der Waals surface area contributed by atoms with Gasteiger partial charge in [-0.3, -0.25) is 0 Å². The molecule has 1 aromatic rings. The Morgan fingerprint density at radius 3 is 2.52 bits per heavy atom. The van der Waals surface area contributed by atoms with E-state index in [-0.39, 0.29) is 10.5 Å². The standard InChI is InChI=1S/C13H17BrFNO4S/c1-3-5-9(4-2)16-21(19,20)11-7-8(14)6-10(12(11)15)13(17)18/h6-7,9,16H,3-5H2,1-2H3,(H,17,18). The first-order valence-corrected chi connectivity index (χ1v) is 8.75. The Morgan fingerprint density at radius 1 is 1.43 bits per heavy atom. The minimum absolute atomic E-state index is 0.185. The van der Waals surface area contributed by atoms with Gasteiger partial charge in [0.2, 0.25) is 10.0 Å². The number of sulfonamides is 1. The van der Waals surface area contributed by atoms with E-state index in [1.54, 1.807) is 0 Å². The number of rotatable bonds is 7. The third-order valence-electron chi connectivity index (χ3n) is 2.98. The second kappa shape index (κ2) is 7.33. The number of aromatic carboxylic acids is 1. The van der Waals surface area contributed by atoms with Gasteiger partial charge in [-0.25, -0.2) is 22.3 Å². The fraction of sp³-hybridized carbons (Fsp3) is 0.462. The summed E-state index contributed by atoms with van der Waals surface area (Å²) >= 11 is 3.00. The first-order valence-electron chi connectivity index (χ1n) is 6.47. The molecule has 1 rings (SSSR count). The molecule has 8 heteroatoms. The Kier molecular flexibility index (Phi) is 6.30. The van der Waals surface area contributed by atoms with Crippen LogP contribution in [0.1, 0.15) is 43.5 Å².